The lowest BCUT2D eigenvalue weighted by atomic mass is 10.1. The molecule has 8 nitrogen and oxygen atoms in total. The first-order valence-electron chi connectivity index (χ1n) is 8.83. The molecule has 0 saturated carbocycles. The van der Waals surface area contributed by atoms with Crippen LogP contribution in [0.15, 0.2) is 30.3 Å². The number of aromatic nitrogens is 2. The Bertz CT molecular complexity index is 811. The second kappa shape index (κ2) is 7.69. The summed E-state index contributed by atoms with van der Waals surface area (Å²) < 4.78 is 10.6. The number of fused-ring (bicyclic) bond motifs is 1. The summed E-state index contributed by atoms with van der Waals surface area (Å²) in [6.45, 7) is 6.54. The minimum absolute atomic E-state index is 0.186. The van der Waals surface area contributed by atoms with Crippen LogP contribution < -0.4 is 5.32 Å². The predicted octanol–water partition coefficient (Wildman–Crippen LogP) is 3.45. The van der Waals surface area contributed by atoms with E-state index in [0.29, 0.717) is 25.3 Å². The van der Waals surface area contributed by atoms with Crippen LogP contribution >= 0.6 is 0 Å². The average Bonchev–Trinajstić information content (AvgIpc) is 3.01. The minimum atomic E-state index is -0.567. The van der Waals surface area contributed by atoms with Gasteiger partial charge in [0.05, 0.1) is 12.2 Å². The van der Waals surface area contributed by atoms with Gasteiger partial charge in [-0.25, -0.2) is 9.59 Å². The number of hydrogen-bond acceptors (Lipinski definition) is 5. The molecule has 0 atom stereocenters. The first-order chi connectivity index (χ1) is 12.8. The van der Waals surface area contributed by atoms with E-state index in [1.165, 1.54) is 0 Å². The number of rotatable bonds is 3. The molecule has 1 aliphatic heterocycles. The summed E-state index contributed by atoms with van der Waals surface area (Å²) in [6.07, 6.45) is -0.360. The molecule has 27 heavy (non-hydrogen) atoms. The standard InChI is InChI=1S/C19H24N4O4/c1-19(2,3)27-18(25)23-10-9-14-15(11-23)21-22-16(14)20-17(24)26-12-13-7-5-4-6-8-13/h4-8H,9-12H2,1-3H3,(H2,20,21,22,24). The minimum Gasteiger partial charge on any atom is -0.444 e. The zero-order chi connectivity index (χ0) is 19.4. The summed E-state index contributed by atoms with van der Waals surface area (Å²) in [5.41, 5.74) is 2.03. The Balaban J connectivity index is 1.56. The number of ether oxygens (including phenoxy) is 2. The molecule has 1 aromatic heterocycles. The van der Waals surface area contributed by atoms with Gasteiger partial charge in [0, 0.05) is 12.1 Å². The molecule has 0 aliphatic carbocycles. The van der Waals surface area contributed by atoms with Crippen molar-refractivity contribution in [3.05, 3.63) is 47.2 Å². The topological polar surface area (TPSA) is 96.6 Å². The molecule has 0 unspecified atom stereocenters. The van der Waals surface area contributed by atoms with Gasteiger partial charge in [-0.2, -0.15) is 5.10 Å². The lowest BCUT2D eigenvalue weighted by Gasteiger charge is -2.29. The number of benzene rings is 1. The van der Waals surface area contributed by atoms with Crippen molar-refractivity contribution in [2.45, 2.75) is 45.9 Å². The van der Waals surface area contributed by atoms with Crippen molar-refractivity contribution in [2.75, 3.05) is 11.9 Å². The highest BCUT2D eigenvalue weighted by molar-refractivity contribution is 5.84. The highest BCUT2D eigenvalue weighted by atomic mass is 16.6. The first-order valence-corrected chi connectivity index (χ1v) is 8.83. The molecule has 1 aliphatic rings. The Morgan fingerprint density at radius 1 is 1.26 bits per heavy atom. The number of nitrogens with one attached hydrogen (secondary N) is 2. The van der Waals surface area contributed by atoms with Gasteiger partial charge in [0.15, 0.2) is 5.82 Å². The van der Waals surface area contributed by atoms with Crippen molar-refractivity contribution >= 4 is 18.0 Å². The molecule has 0 fully saturated rings. The van der Waals surface area contributed by atoms with E-state index in [4.69, 9.17) is 9.47 Å². The molecule has 1 aromatic carbocycles. The zero-order valence-electron chi connectivity index (χ0n) is 15.7. The fourth-order valence-corrected chi connectivity index (χ4v) is 2.76. The summed E-state index contributed by atoms with van der Waals surface area (Å²) in [6, 6.07) is 9.44. The van der Waals surface area contributed by atoms with Crippen LogP contribution in [0.25, 0.3) is 0 Å². The monoisotopic (exact) mass is 372 g/mol. The quantitative estimate of drug-likeness (QED) is 0.860. The third-order valence-electron chi connectivity index (χ3n) is 4.02. The Hall–Kier alpha value is -3.03. The summed E-state index contributed by atoms with van der Waals surface area (Å²) in [7, 11) is 0. The van der Waals surface area contributed by atoms with Crippen molar-refractivity contribution in [3.8, 4) is 0 Å². The SMILES string of the molecule is CC(C)(C)OC(=O)N1CCc2c(NC(=O)OCc3ccccc3)n[nH]c2C1. The first kappa shape index (κ1) is 18.8. The van der Waals surface area contributed by atoms with E-state index in [9.17, 15) is 9.59 Å². The highest BCUT2D eigenvalue weighted by Crippen LogP contribution is 2.25. The largest absolute Gasteiger partial charge is 0.444 e. The number of nitrogens with zero attached hydrogens (tertiary/aromatic N) is 2. The fourth-order valence-electron chi connectivity index (χ4n) is 2.76. The summed E-state index contributed by atoms with van der Waals surface area (Å²) >= 11 is 0. The normalized spacial score (nSPS) is 13.7. The van der Waals surface area contributed by atoms with Gasteiger partial charge >= 0.3 is 12.2 Å². The van der Waals surface area contributed by atoms with Crippen molar-refractivity contribution in [1.29, 1.82) is 0 Å². The van der Waals surface area contributed by atoms with E-state index in [0.717, 1.165) is 16.8 Å². The number of anilines is 1. The number of aromatic amines is 1. The number of carbonyl (C=O) groups is 2. The maximum Gasteiger partial charge on any atom is 0.413 e. The Morgan fingerprint density at radius 3 is 2.70 bits per heavy atom. The third kappa shape index (κ3) is 4.99. The van der Waals surface area contributed by atoms with Gasteiger partial charge in [-0.15, -0.1) is 0 Å². The van der Waals surface area contributed by atoms with E-state index in [1.807, 2.05) is 51.1 Å². The van der Waals surface area contributed by atoms with E-state index in [2.05, 4.69) is 15.5 Å². The van der Waals surface area contributed by atoms with Crippen LogP contribution in [0.4, 0.5) is 15.4 Å². The van der Waals surface area contributed by atoms with Crippen molar-refractivity contribution in [3.63, 3.8) is 0 Å². The van der Waals surface area contributed by atoms with E-state index >= 15 is 0 Å². The predicted molar refractivity (Wildman–Crippen MR) is 99.2 cm³/mol. The zero-order valence-corrected chi connectivity index (χ0v) is 15.7. The van der Waals surface area contributed by atoms with Crippen LogP contribution in [0, 0.1) is 0 Å². The van der Waals surface area contributed by atoms with Crippen LogP contribution in [0.1, 0.15) is 37.6 Å². The third-order valence-corrected chi connectivity index (χ3v) is 4.02. The summed E-state index contributed by atoms with van der Waals surface area (Å²) in [5, 5.41) is 9.69. The number of hydrogen-bond donors (Lipinski definition) is 2. The summed E-state index contributed by atoms with van der Waals surface area (Å²) in [5.74, 6) is 0.437. The number of carbonyl (C=O) groups excluding carboxylic acids is 2. The Morgan fingerprint density at radius 2 is 2.00 bits per heavy atom. The van der Waals surface area contributed by atoms with Gasteiger partial charge in [0.25, 0.3) is 0 Å². The molecule has 2 aromatic rings. The van der Waals surface area contributed by atoms with E-state index in [1.54, 1.807) is 4.90 Å². The molecule has 0 bridgehead atoms. The van der Waals surface area contributed by atoms with Crippen molar-refractivity contribution in [1.82, 2.24) is 15.1 Å². The van der Waals surface area contributed by atoms with Crippen molar-refractivity contribution < 1.29 is 19.1 Å². The molecule has 0 radical (unpaired) electrons. The molecule has 3 rings (SSSR count). The second-order valence-corrected chi connectivity index (χ2v) is 7.37. The van der Waals surface area contributed by atoms with Gasteiger partial charge in [-0.1, -0.05) is 30.3 Å². The lowest BCUT2D eigenvalue weighted by molar-refractivity contribution is 0.0221. The van der Waals surface area contributed by atoms with E-state index < -0.39 is 11.7 Å². The highest BCUT2D eigenvalue weighted by Gasteiger charge is 2.28. The molecule has 2 heterocycles. The lowest BCUT2D eigenvalue weighted by Crippen LogP contribution is -2.39. The molecule has 2 amide bonds. The van der Waals surface area contributed by atoms with Gasteiger partial charge < -0.3 is 14.4 Å². The molecule has 144 valence electrons. The fraction of sp³-hybridized carbons (Fsp3) is 0.421. The van der Waals surface area contributed by atoms with Gasteiger partial charge in [-0.3, -0.25) is 10.4 Å². The van der Waals surface area contributed by atoms with E-state index in [-0.39, 0.29) is 12.7 Å². The van der Waals surface area contributed by atoms with Crippen LogP contribution in [-0.4, -0.2) is 39.4 Å². The van der Waals surface area contributed by atoms with Crippen LogP contribution in [0.3, 0.4) is 0 Å². The molecule has 8 heteroatoms. The average molecular weight is 372 g/mol. The number of amides is 2. The van der Waals surface area contributed by atoms with Crippen LogP contribution in [0.5, 0.6) is 0 Å². The molecule has 0 spiro atoms. The van der Waals surface area contributed by atoms with Gasteiger partial charge in [0.1, 0.15) is 12.2 Å². The maximum atomic E-state index is 12.2. The molecular weight excluding hydrogens is 348 g/mol. The van der Waals surface area contributed by atoms with Crippen LogP contribution in [0.2, 0.25) is 0 Å². The smallest absolute Gasteiger partial charge is 0.413 e. The van der Waals surface area contributed by atoms with Gasteiger partial charge in [0.2, 0.25) is 0 Å². The number of H-pyrrole nitrogens is 1. The Labute approximate surface area is 157 Å². The maximum absolute atomic E-state index is 12.2. The molecule has 2 N–H and O–H groups in total. The van der Waals surface area contributed by atoms with Crippen molar-refractivity contribution in [2.24, 2.45) is 0 Å². The Kier molecular flexibility index (Phi) is 5.34. The van der Waals surface area contributed by atoms with Crippen LogP contribution in [-0.2, 0) is 29.0 Å². The summed E-state index contributed by atoms with van der Waals surface area (Å²) in [4.78, 5) is 25.8. The molecule has 0 saturated heterocycles. The molecular formula is C19H24N4O4. The second-order valence-electron chi connectivity index (χ2n) is 7.37. The van der Waals surface area contributed by atoms with Gasteiger partial charge in [-0.05, 0) is 32.8 Å².